The van der Waals surface area contributed by atoms with Crippen LogP contribution in [0.1, 0.15) is 48.9 Å². The summed E-state index contributed by atoms with van der Waals surface area (Å²) in [7, 11) is -0.357. The zero-order valence-electron chi connectivity index (χ0n) is 11.0. The van der Waals surface area contributed by atoms with E-state index in [1.54, 1.807) is 12.4 Å². The van der Waals surface area contributed by atoms with Crippen LogP contribution in [-0.4, -0.2) is 27.8 Å². The summed E-state index contributed by atoms with van der Waals surface area (Å²) in [6.45, 7) is 0. The van der Waals surface area contributed by atoms with Crippen molar-refractivity contribution in [1.29, 1.82) is 0 Å². The predicted molar refractivity (Wildman–Crippen MR) is 70.5 cm³/mol. The first-order valence-corrected chi connectivity index (χ1v) is 6.85. The number of hydrogen-bond donors (Lipinski definition) is 1. The lowest BCUT2D eigenvalue weighted by Crippen LogP contribution is -2.11. The number of pyridine rings is 1. The van der Waals surface area contributed by atoms with E-state index in [-0.39, 0.29) is 13.1 Å². The summed E-state index contributed by atoms with van der Waals surface area (Å²) in [5, 5.41) is 12.9. The zero-order valence-corrected chi connectivity index (χ0v) is 11.0. The van der Waals surface area contributed by atoms with Gasteiger partial charge in [0.05, 0.1) is 11.6 Å². The monoisotopic (exact) mass is 271 g/mol. The van der Waals surface area contributed by atoms with Crippen LogP contribution in [0.5, 0.6) is 5.75 Å². The Morgan fingerprint density at radius 1 is 1.35 bits per heavy atom. The summed E-state index contributed by atoms with van der Waals surface area (Å²) in [6.07, 6.45) is 7.66. The molecule has 20 heavy (non-hydrogen) atoms. The Hall–Kier alpha value is -1.89. The highest BCUT2D eigenvalue weighted by Crippen LogP contribution is 2.53. The SMILES string of the molecule is OBOc1cncc(C2(c3nc(C4CC4)no3)CC2)c1. The van der Waals surface area contributed by atoms with Gasteiger partial charge in [-0.3, -0.25) is 4.98 Å². The summed E-state index contributed by atoms with van der Waals surface area (Å²) in [5.74, 6) is 2.56. The minimum atomic E-state index is -0.357. The molecule has 4 rings (SSSR count). The molecule has 0 unspecified atom stereocenters. The summed E-state index contributed by atoms with van der Waals surface area (Å²) in [6, 6.07) is 1.89. The Morgan fingerprint density at radius 3 is 2.90 bits per heavy atom. The highest BCUT2D eigenvalue weighted by atomic mass is 16.5. The molecule has 0 aliphatic heterocycles. The molecule has 0 spiro atoms. The molecule has 2 fully saturated rings. The van der Waals surface area contributed by atoms with E-state index in [9.17, 15) is 0 Å². The first-order chi connectivity index (χ1) is 9.82. The van der Waals surface area contributed by atoms with Crippen LogP contribution in [0.15, 0.2) is 23.0 Å². The van der Waals surface area contributed by atoms with Crippen LogP contribution in [0.2, 0.25) is 0 Å². The Kier molecular flexibility index (Phi) is 2.56. The molecule has 2 aromatic rings. The molecule has 0 bridgehead atoms. The molecule has 2 aliphatic rings. The molecule has 0 radical (unpaired) electrons. The normalized spacial score (nSPS) is 19.6. The van der Waals surface area contributed by atoms with E-state index in [1.165, 1.54) is 0 Å². The maximum absolute atomic E-state index is 8.83. The molecule has 1 N–H and O–H groups in total. The van der Waals surface area contributed by atoms with Crippen LogP contribution < -0.4 is 4.65 Å². The second-order valence-electron chi connectivity index (χ2n) is 5.50. The lowest BCUT2D eigenvalue weighted by molar-refractivity contribution is 0.355. The van der Waals surface area contributed by atoms with Gasteiger partial charge in [0.25, 0.3) is 0 Å². The van der Waals surface area contributed by atoms with Crippen LogP contribution in [-0.2, 0) is 5.41 Å². The second-order valence-corrected chi connectivity index (χ2v) is 5.50. The molecular formula is C13H14BN3O3. The summed E-state index contributed by atoms with van der Waals surface area (Å²) >= 11 is 0. The smallest absolute Gasteiger partial charge is 0.504 e. The molecule has 2 aliphatic carbocycles. The topological polar surface area (TPSA) is 81.3 Å². The van der Waals surface area contributed by atoms with Gasteiger partial charge in [0.2, 0.25) is 5.89 Å². The van der Waals surface area contributed by atoms with E-state index in [1.807, 2.05) is 6.07 Å². The van der Waals surface area contributed by atoms with Crippen LogP contribution in [0.4, 0.5) is 0 Å². The molecular weight excluding hydrogens is 257 g/mol. The molecule has 2 heterocycles. The van der Waals surface area contributed by atoms with Gasteiger partial charge in [-0.05, 0) is 37.3 Å². The maximum Gasteiger partial charge on any atom is 0.504 e. The third-order valence-electron chi connectivity index (χ3n) is 4.04. The van der Waals surface area contributed by atoms with Gasteiger partial charge in [-0.15, -0.1) is 0 Å². The van der Waals surface area contributed by atoms with E-state index in [2.05, 4.69) is 15.1 Å². The number of aromatic nitrogens is 3. The van der Waals surface area contributed by atoms with Gasteiger partial charge in [-0.1, -0.05) is 5.16 Å². The van der Waals surface area contributed by atoms with Gasteiger partial charge in [0.1, 0.15) is 5.75 Å². The Labute approximate surface area is 116 Å². The Balaban J connectivity index is 1.66. The highest BCUT2D eigenvalue weighted by molar-refractivity contribution is 6.17. The van der Waals surface area contributed by atoms with Gasteiger partial charge in [-0.25, -0.2) is 0 Å². The van der Waals surface area contributed by atoms with Crippen molar-refractivity contribution in [3.63, 3.8) is 0 Å². The highest BCUT2D eigenvalue weighted by Gasteiger charge is 2.51. The van der Waals surface area contributed by atoms with Crippen molar-refractivity contribution in [3.8, 4) is 5.75 Å². The largest absolute Gasteiger partial charge is 0.538 e. The van der Waals surface area contributed by atoms with Crippen molar-refractivity contribution in [2.45, 2.75) is 37.0 Å². The summed E-state index contributed by atoms with van der Waals surface area (Å²) < 4.78 is 10.6. The van der Waals surface area contributed by atoms with Crippen molar-refractivity contribution in [2.24, 2.45) is 0 Å². The number of rotatable bonds is 5. The fourth-order valence-electron chi connectivity index (χ4n) is 2.52. The minimum Gasteiger partial charge on any atom is -0.538 e. The third kappa shape index (κ3) is 1.89. The van der Waals surface area contributed by atoms with Crippen molar-refractivity contribution < 1.29 is 14.2 Å². The molecule has 2 aromatic heterocycles. The molecule has 2 saturated carbocycles. The fraction of sp³-hybridized carbons (Fsp3) is 0.462. The van der Waals surface area contributed by atoms with E-state index in [0.717, 1.165) is 37.1 Å². The number of hydrogen-bond acceptors (Lipinski definition) is 6. The molecule has 102 valence electrons. The quantitative estimate of drug-likeness (QED) is 0.819. The second kappa shape index (κ2) is 4.31. The molecule has 6 nitrogen and oxygen atoms in total. The first kappa shape index (κ1) is 11.9. The summed E-state index contributed by atoms with van der Waals surface area (Å²) in [5.41, 5.74) is 0.802. The maximum atomic E-state index is 8.83. The molecule has 7 heteroatoms. The van der Waals surface area contributed by atoms with Crippen molar-refractivity contribution in [2.75, 3.05) is 0 Å². The molecule has 0 atom stereocenters. The van der Waals surface area contributed by atoms with E-state index in [0.29, 0.717) is 17.6 Å². The number of nitrogens with zero attached hydrogens (tertiary/aromatic N) is 3. The van der Waals surface area contributed by atoms with E-state index < -0.39 is 0 Å². The van der Waals surface area contributed by atoms with E-state index in [4.69, 9.17) is 14.2 Å². The van der Waals surface area contributed by atoms with Gasteiger partial charge in [0.15, 0.2) is 5.82 Å². The predicted octanol–water partition coefficient (Wildman–Crippen LogP) is 1.06. The van der Waals surface area contributed by atoms with Gasteiger partial charge < -0.3 is 14.2 Å². The minimum absolute atomic E-state index is 0.206. The average molecular weight is 271 g/mol. The summed E-state index contributed by atoms with van der Waals surface area (Å²) in [4.78, 5) is 8.73. The van der Waals surface area contributed by atoms with Crippen molar-refractivity contribution >= 4 is 7.69 Å². The van der Waals surface area contributed by atoms with Crippen molar-refractivity contribution in [1.82, 2.24) is 15.1 Å². The molecule has 0 amide bonds. The van der Waals surface area contributed by atoms with Crippen LogP contribution >= 0.6 is 0 Å². The first-order valence-electron chi connectivity index (χ1n) is 6.85. The van der Waals surface area contributed by atoms with Gasteiger partial charge in [-0.2, -0.15) is 4.98 Å². The third-order valence-corrected chi connectivity index (χ3v) is 4.04. The van der Waals surface area contributed by atoms with Crippen LogP contribution in [0.25, 0.3) is 0 Å². The lowest BCUT2D eigenvalue weighted by Gasteiger charge is -2.11. The fourth-order valence-corrected chi connectivity index (χ4v) is 2.52. The van der Waals surface area contributed by atoms with Gasteiger partial charge >= 0.3 is 7.69 Å². The average Bonchev–Trinajstić information content (AvgIpc) is 3.40. The van der Waals surface area contributed by atoms with Crippen LogP contribution in [0, 0.1) is 0 Å². The van der Waals surface area contributed by atoms with Crippen molar-refractivity contribution in [3.05, 3.63) is 35.7 Å². The zero-order chi connectivity index (χ0) is 13.6. The lowest BCUT2D eigenvalue weighted by atomic mass is 9.97. The Morgan fingerprint density at radius 2 is 2.20 bits per heavy atom. The standard InChI is InChI=1S/C13H14BN3O3/c18-14-19-10-5-9(6-15-7-10)13(3-4-13)12-16-11(17-20-12)8-1-2-8/h5-8,14,18H,1-4H2. The molecule has 0 aromatic carbocycles. The Bertz CT molecular complexity index is 637. The molecule has 0 saturated heterocycles. The van der Waals surface area contributed by atoms with E-state index >= 15 is 0 Å². The van der Waals surface area contributed by atoms with Gasteiger partial charge in [0, 0.05) is 12.1 Å². The van der Waals surface area contributed by atoms with Crippen LogP contribution in [0.3, 0.4) is 0 Å².